The summed E-state index contributed by atoms with van der Waals surface area (Å²) in [5.41, 5.74) is 5.75. The Balaban J connectivity index is 2.20. The third-order valence-electron chi connectivity index (χ3n) is 4.50. The van der Waals surface area contributed by atoms with E-state index in [4.69, 9.17) is 0 Å². The second-order valence-electron chi connectivity index (χ2n) is 5.53. The van der Waals surface area contributed by atoms with Crippen molar-refractivity contribution in [2.75, 3.05) is 6.54 Å². The number of rotatable bonds is 0. The molecule has 0 saturated carbocycles. The Morgan fingerprint density at radius 2 is 1.95 bits per heavy atom. The summed E-state index contributed by atoms with van der Waals surface area (Å²) in [6, 6.07) is 13.8. The molecule has 1 aromatic heterocycles. The summed E-state index contributed by atoms with van der Waals surface area (Å²) in [4.78, 5) is 0. The molecular formula is C17H18N2. The Morgan fingerprint density at radius 3 is 2.84 bits per heavy atom. The van der Waals surface area contributed by atoms with Crippen molar-refractivity contribution in [3.8, 4) is 0 Å². The highest BCUT2D eigenvalue weighted by Crippen LogP contribution is 2.35. The smallest absolute Gasteiger partial charge is 0.0525 e. The predicted octanol–water partition coefficient (Wildman–Crippen LogP) is 3.54. The van der Waals surface area contributed by atoms with Crippen molar-refractivity contribution < 1.29 is 0 Å². The summed E-state index contributed by atoms with van der Waals surface area (Å²) in [5, 5.41) is 6.31. The molecule has 1 atom stereocenters. The average Bonchev–Trinajstić information content (AvgIpc) is 2.74. The molecule has 0 amide bonds. The number of hydrogen-bond acceptors (Lipinski definition) is 1. The van der Waals surface area contributed by atoms with Gasteiger partial charge in [-0.05, 0) is 37.1 Å². The molecule has 0 fully saturated rings. The third kappa shape index (κ3) is 1.41. The van der Waals surface area contributed by atoms with E-state index in [1.165, 1.54) is 32.9 Å². The third-order valence-corrected chi connectivity index (χ3v) is 4.50. The Hall–Kier alpha value is -1.80. The zero-order valence-corrected chi connectivity index (χ0v) is 11.4. The van der Waals surface area contributed by atoms with Gasteiger partial charge in [0.2, 0.25) is 0 Å². The predicted molar refractivity (Wildman–Crippen MR) is 80.5 cm³/mol. The fourth-order valence-corrected chi connectivity index (χ4v) is 3.56. The first-order chi connectivity index (χ1) is 9.27. The summed E-state index contributed by atoms with van der Waals surface area (Å²) in [5.74, 6) is 0. The molecular weight excluding hydrogens is 232 g/mol. The van der Waals surface area contributed by atoms with Crippen molar-refractivity contribution in [3.63, 3.8) is 0 Å². The van der Waals surface area contributed by atoms with Crippen LogP contribution >= 0.6 is 0 Å². The van der Waals surface area contributed by atoms with Gasteiger partial charge in [0.1, 0.15) is 0 Å². The van der Waals surface area contributed by atoms with Crippen molar-refractivity contribution in [2.24, 2.45) is 7.05 Å². The first-order valence-corrected chi connectivity index (χ1v) is 6.99. The van der Waals surface area contributed by atoms with Crippen LogP contribution in [0.1, 0.15) is 24.1 Å². The molecule has 1 aliphatic rings. The number of benzene rings is 2. The minimum Gasteiger partial charge on any atom is -0.343 e. The average molecular weight is 250 g/mol. The molecule has 0 spiro atoms. The van der Waals surface area contributed by atoms with Crippen LogP contribution < -0.4 is 5.32 Å². The molecule has 0 saturated heterocycles. The van der Waals surface area contributed by atoms with E-state index >= 15 is 0 Å². The zero-order chi connectivity index (χ0) is 13.0. The van der Waals surface area contributed by atoms with Crippen LogP contribution in [0.4, 0.5) is 0 Å². The zero-order valence-electron chi connectivity index (χ0n) is 11.4. The molecule has 19 heavy (non-hydrogen) atoms. The van der Waals surface area contributed by atoms with E-state index in [1.807, 2.05) is 0 Å². The van der Waals surface area contributed by atoms with Crippen molar-refractivity contribution in [2.45, 2.75) is 19.4 Å². The molecule has 0 aliphatic carbocycles. The summed E-state index contributed by atoms with van der Waals surface area (Å²) >= 11 is 0. The Morgan fingerprint density at radius 1 is 1.11 bits per heavy atom. The Kier molecular flexibility index (Phi) is 2.24. The monoisotopic (exact) mass is 250 g/mol. The lowest BCUT2D eigenvalue weighted by Gasteiger charge is -2.25. The SMILES string of the molecule is C[C@H]1NCCc2c1ccc1c3ccccc3n(C)c21. The van der Waals surface area contributed by atoms with Gasteiger partial charge in [0, 0.05) is 29.4 Å². The van der Waals surface area contributed by atoms with Crippen LogP contribution in [-0.2, 0) is 13.5 Å². The van der Waals surface area contributed by atoms with E-state index in [1.54, 1.807) is 0 Å². The molecule has 2 aromatic carbocycles. The molecule has 0 unspecified atom stereocenters. The highest BCUT2D eigenvalue weighted by Gasteiger charge is 2.20. The highest BCUT2D eigenvalue weighted by atomic mass is 15.0. The largest absolute Gasteiger partial charge is 0.343 e. The number of para-hydroxylation sites is 1. The van der Waals surface area contributed by atoms with Gasteiger partial charge in [-0.2, -0.15) is 0 Å². The molecule has 0 radical (unpaired) electrons. The summed E-state index contributed by atoms with van der Waals surface area (Å²) < 4.78 is 2.36. The van der Waals surface area contributed by atoms with Gasteiger partial charge < -0.3 is 9.88 Å². The fourth-order valence-electron chi connectivity index (χ4n) is 3.56. The maximum Gasteiger partial charge on any atom is 0.0525 e. The lowest BCUT2D eigenvalue weighted by atomic mass is 9.93. The number of aromatic nitrogens is 1. The molecule has 2 heterocycles. The normalized spacial score (nSPS) is 18.9. The van der Waals surface area contributed by atoms with Crippen LogP contribution in [-0.4, -0.2) is 11.1 Å². The van der Waals surface area contributed by atoms with E-state index < -0.39 is 0 Å². The van der Waals surface area contributed by atoms with Crippen LogP contribution in [0.5, 0.6) is 0 Å². The standard InChI is InChI=1S/C17H18N2/c1-11-12-7-8-14-13-5-3-4-6-16(13)19(2)17(14)15(12)9-10-18-11/h3-8,11,18H,9-10H2,1-2H3/t11-/m1/s1. The molecule has 3 aromatic rings. The fraction of sp³-hybridized carbons (Fsp3) is 0.294. The van der Waals surface area contributed by atoms with E-state index in [0.29, 0.717) is 6.04 Å². The minimum atomic E-state index is 0.464. The summed E-state index contributed by atoms with van der Waals surface area (Å²) in [6.45, 7) is 3.33. The molecule has 1 N–H and O–H groups in total. The van der Waals surface area contributed by atoms with E-state index in [-0.39, 0.29) is 0 Å². The first-order valence-electron chi connectivity index (χ1n) is 6.99. The van der Waals surface area contributed by atoms with Crippen LogP contribution in [0, 0.1) is 0 Å². The number of aryl methyl sites for hydroxylation is 1. The van der Waals surface area contributed by atoms with Gasteiger partial charge in [0.15, 0.2) is 0 Å². The van der Waals surface area contributed by atoms with Crippen molar-refractivity contribution >= 4 is 21.8 Å². The maximum atomic E-state index is 3.55. The highest BCUT2D eigenvalue weighted by molar-refractivity contribution is 6.09. The number of nitrogens with zero attached hydrogens (tertiary/aromatic N) is 1. The maximum absolute atomic E-state index is 3.55. The van der Waals surface area contributed by atoms with Gasteiger partial charge in [-0.25, -0.2) is 0 Å². The number of fused-ring (bicyclic) bond motifs is 5. The Labute approximate surface area is 113 Å². The lowest BCUT2D eigenvalue weighted by molar-refractivity contribution is 0.542. The van der Waals surface area contributed by atoms with Crippen molar-refractivity contribution in [1.29, 1.82) is 0 Å². The summed E-state index contributed by atoms with van der Waals surface area (Å²) in [7, 11) is 2.19. The van der Waals surface area contributed by atoms with Gasteiger partial charge in [-0.3, -0.25) is 0 Å². The van der Waals surface area contributed by atoms with Gasteiger partial charge in [0.05, 0.1) is 5.52 Å². The first kappa shape index (κ1) is 11.1. The number of nitrogens with one attached hydrogen (secondary N) is 1. The van der Waals surface area contributed by atoms with E-state index in [2.05, 4.69) is 60.3 Å². The van der Waals surface area contributed by atoms with Gasteiger partial charge >= 0.3 is 0 Å². The van der Waals surface area contributed by atoms with Crippen LogP contribution in [0.3, 0.4) is 0 Å². The van der Waals surface area contributed by atoms with E-state index in [0.717, 1.165) is 13.0 Å². The van der Waals surface area contributed by atoms with Gasteiger partial charge in [0.25, 0.3) is 0 Å². The van der Waals surface area contributed by atoms with Crippen LogP contribution in [0.25, 0.3) is 21.8 Å². The lowest BCUT2D eigenvalue weighted by Crippen LogP contribution is -2.28. The second kappa shape index (κ2) is 3.84. The van der Waals surface area contributed by atoms with E-state index in [9.17, 15) is 0 Å². The van der Waals surface area contributed by atoms with Gasteiger partial charge in [-0.1, -0.05) is 30.3 Å². The molecule has 4 rings (SSSR count). The molecule has 96 valence electrons. The van der Waals surface area contributed by atoms with Crippen molar-refractivity contribution in [3.05, 3.63) is 47.5 Å². The summed E-state index contributed by atoms with van der Waals surface area (Å²) in [6.07, 6.45) is 1.13. The second-order valence-corrected chi connectivity index (χ2v) is 5.53. The molecule has 2 nitrogen and oxygen atoms in total. The van der Waals surface area contributed by atoms with Gasteiger partial charge in [-0.15, -0.1) is 0 Å². The van der Waals surface area contributed by atoms with Crippen LogP contribution in [0.2, 0.25) is 0 Å². The molecule has 2 heteroatoms. The molecule has 1 aliphatic heterocycles. The number of hydrogen-bond donors (Lipinski definition) is 1. The molecule has 0 bridgehead atoms. The van der Waals surface area contributed by atoms with Crippen molar-refractivity contribution in [1.82, 2.24) is 9.88 Å². The topological polar surface area (TPSA) is 17.0 Å². The van der Waals surface area contributed by atoms with Crippen LogP contribution in [0.15, 0.2) is 36.4 Å². The minimum absolute atomic E-state index is 0.464. The quantitative estimate of drug-likeness (QED) is 0.646. The Bertz CT molecular complexity index is 783.